The number of benzene rings is 1. The number of halogens is 1. The number of allylic oxidation sites excluding steroid dienone is 1. The average Bonchev–Trinajstić information content (AvgIpc) is 2.94. The molecule has 4 nitrogen and oxygen atoms in total. The quantitative estimate of drug-likeness (QED) is 0.906. The molecule has 3 rings (SSSR count). The van der Waals surface area contributed by atoms with Gasteiger partial charge in [-0.15, -0.1) is 11.3 Å². The number of Topliss-reactive ketones (excluding diaryl/α,β-unsaturated/α-hetero) is 1. The number of hydrogen-bond donors (Lipinski definition) is 1. The number of carboxylic acid groups (broad SMARTS) is 1. The second-order valence-electron chi connectivity index (χ2n) is 4.74. The van der Waals surface area contributed by atoms with E-state index < -0.39 is 5.97 Å². The number of carboxylic acids is 1. The van der Waals surface area contributed by atoms with Crippen LogP contribution in [-0.2, 0) is 11.2 Å². The molecule has 0 amide bonds. The van der Waals surface area contributed by atoms with E-state index >= 15 is 0 Å². The van der Waals surface area contributed by atoms with Gasteiger partial charge >= 0.3 is 5.97 Å². The zero-order valence-corrected chi connectivity index (χ0v) is 13.4. The number of fused-ring (bicyclic) bond motifs is 1. The van der Waals surface area contributed by atoms with Gasteiger partial charge in [-0.3, -0.25) is 9.59 Å². The molecule has 0 aliphatic heterocycles. The van der Waals surface area contributed by atoms with Crippen molar-refractivity contribution in [3.05, 3.63) is 55.5 Å². The monoisotopic (exact) mass is 363 g/mol. The van der Waals surface area contributed by atoms with Crippen molar-refractivity contribution in [3.8, 4) is 0 Å². The van der Waals surface area contributed by atoms with Gasteiger partial charge in [-0.25, -0.2) is 4.98 Å². The number of aliphatic carboxylic acids is 1. The zero-order valence-electron chi connectivity index (χ0n) is 11.0. The first-order chi connectivity index (χ1) is 9.99. The Bertz CT molecular complexity index is 807. The SMILES string of the molecule is Cc1ncsc1C1=C(Br)C(=O)c2cc(CC(=O)O)ccc21. The third-order valence-electron chi connectivity index (χ3n) is 3.34. The lowest BCUT2D eigenvalue weighted by Gasteiger charge is -2.05. The Morgan fingerprint density at radius 1 is 1.38 bits per heavy atom. The van der Waals surface area contributed by atoms with Gasteiger partial charge in [0.25, 0.3) is 0 Å². The molecule has 106 valence electrons. The molecule has 0 radical (unpaired) electrons. The van der Waals surface area contributed by atoms with E-state index in [4.69, 9.17) is 5.11 Å². The molecule has 0 saturated heterocycles. The highest BCUT2D eigenvalue weighted by Gasteiger charge is 2.30. The van der Waals surface area contributed by atoms with E-state index in [1.807, 2.05) is 13.0 Å². The highest BCUT2D eigenvalue weighted by atomic mass is 79.9. The number of rotatable bonds is 3. The van der Waals surface area contributed by atoms with Gasteiger partial charge in [-0.05, 0) is 40.0 Å². The Balaban J connectivity index is 2.13. The summed E-state index contributed by atoms with van der Waals surface area (Å²) in [7, 11) is 0. The minimum absolute atomic E-state index is 0.0902. The topological polar surface area (TPSA) is 67.3 Å². The number of thiazole rings is 1. The van der Waals surface area contributed by atoms with Crippen molar-refractivity contribution in [3.63, 3.8) is 0 Å². The van der Waals surface area contributed by atoms with Gasteiger partial charge < -0.3 is 5.11 Å². The van der Waals surface area contributed by atoms with Gasteiger partial charge in [0, 0.05) is 11.1 Å². The molecule has 1 aliphatic carbocycles. The molecule has 1 aliphatic rings. The van der Waals surface area contributed by atoms with Gasteiger partial charge in [0.15, 0.2) is 0 Å². The molecule has 21 heavy (non-hydrogen) atoms. The Hall–Kier alpha value is -1.79. The molecule has 0 atom stereocenters. The summed E-state index contributed by atoms with van der Waals surface area (Å²) in [6.07, 6.45) is -0.0902. The van der Waals surface area contributed by atoms with Gasteiger partial charge in [0.1, 0.15) is 0 Å². The van der Waals surface area contributed by atoms with Crippen molar-refractivity contribution in [2.45, 2.75) is 13.3 Å². The van der Waals surface area contributed by atoms with Crippen molar-refractivity contribution in [1.82, 2.24) is 4.98 Å². The van der Waals surface area contributed by atoms with Crippen molar-refractivity contribution in [1.29, 1.82) is 0 Å². The van der Waals surface area contributed by atoms with Crippen molar-refractivity contribution in [2.24, 2.45) is 0 Å². The maximum atomic E-state index is 12.4. The van der Waals surface area contributed by atoms with Crippen LogP contribution in [0.25, 0.3) is 5.57 Å². The highest BCUT2D eigenvalue weighted by Crippen LogP contribution is 2.42. The summed E-state index contributed by atoms with van der Waals surface area (Å²) in [6.45, 7) is 1.90. The molecule has 0 fully saturated rings. The van der Waals surface area contributed by atoms with E-state index in [1.165, 1.54) is 11.3 Å². The third kappa shape index (κ3) is 2.34. The summed E-state index contributed by atoms with van der Waals surface area (Å²) >= 11 is 4.86. The first-order valence-electron chi connectivity index (χ1n) is 6.19. The molecule has 0 saturated carbocycles. The number of hydrogen-bond acceptors (Lipinski definition) is 4. The minimum Gasteiger partial charge on any atom is -0.481 e. The second-order valence-corrected chi connectivity index (χ2v) is 6.38. The smallest absolute Gasteiger partial charge is 0.307 e. The van der Waals surface area contributed by atoms with E-state index in [0.717, 1.165) is 21.7 Å². The number of carbonyl (C=O) groups excluding carboxylic acids is 1. The maximum absolute atomic E-state index is 12.4. The fourth-order valence-electron chi connectivity index (χ4n) is 2.40. The largest absolute Gasteiger partial charge is 0.481 e. The minimum atomic E-state index is -0.911. The fourth-order valence-corrected chi connectivity index (χ4v) is 4.02. The fraction of sp³-hybridized carbons (Fsp3) is 0.133. The number of aromatic nitrogens is 1. The summed E-state index contributed by atoms with van der Waals surface area (Å²) in [5.74, 6) is -1.02. The van der Waals surface area contributed by atoms with E-state index in [2.05, 4.69) is 20.9 Å². The Morgan fingerprint density at radius 2 is 2.14 bits per heavy atom. The summed E-state index contributed by atoms with van der Waals surface area (Å²) in [5.41, 5.74) is 5.47. The van der Waals surface area contributed by atoms with Crippen molar-refractivity contribution in [2.75, 3.05) is 0 Å². The lowest BCUT2D eigenvalue weighted by molar-refractivity contribution is -0.136. The summed E-state index contributed by atoms with van der Waals surface area (Å²) in [4.78, 5) is 28.4. The first-order valence-corrected chi connectivity index (χ1v) is 7.86. The van der Waals surface area contributed by atoms with Crippen molar-refractivity contribution < 1.29 is 14.7 Å². The predicted molar refractivity (Wildman–Crippen MR) is 83.9 cm³/mol. The molecule has 1 N–H and O–H groups in total. The number of carbonyl (C=O) groups is 2. The summed E-state index contributed by atoms with van der Waals surface area (Å²) in [6, 6.07) is 5.23. The molecule has 6 heteroatoms. The van der Waals surface area contributed by atoms with Gasteiger partial charge in [-0.1, -0.05) is 12.1 Å². The van der Waals surface area contributed by atoms with Crippen LogP contribution in [0.2, 0.25) is 0 Å². The van der Waals surface area contributed by atoms with Crippen LogP contribution in [0.3, 0.4) is 0 Å². The van der Waals surface area contributed by atoms with Crippen LogP contribution in [0, 0.1) is 6.92 Å². The lowest BCUT2D eigenvalue weighted by atomic mass is 10.00. The zero-order chi connectivity index (χ0) is 15.1. The molecule has 1 aromatic carbocycles. The van der Waals surface area contributed by atoms with E-state index in [0.29, 0.717) is 15.6 Å². The number of ketones is 1. The number of nitrogens with zero attached hydrogens (tertiary/aromatic N) is 1. The molecule has 0 bridgehead atoms. The van der Waals surface area contributed by atoms with E-state index in [9.17, 15) is 9.59 Å². The van der Waals surface area contributed by atoms with Crippen LogP contribution < -0.4 is 0 Å². The summed E-state index contributed by atoms with van der Waals surface area (Å²) < 4.78 is 0.511. The average molecular weight is 364 g/mol. The van der Waals surface area contributed by atoms with E-state index in [-0.39, 0.29) is 12.2 Å². The maximum Gasteiger partial charge on any atom is 0.307 e. The van der Waals surface area contributed by atoms with Crippen LogP contribution in [-0.4, -0.2) is 21.8 Å². The van der Waals surface area contributed by atoms with E-state index in [1.54, 1.807) is 17.6 Å². The van der Waals surface area contributed by atoms with Crippen LogP contribution in [0.5, 0.6) is 0 Å². The summed E-state index contributed by atoms with van der Waals surface area (Å²) in [5, 5.41) is 8.86. The van der Waals surface area contributed by atoms with Gasteiger partial charge in [0.2, 0.25) is 5.78 Å². The Kier molecular flexibility index (Phi) is 3.51. The molecule has 0 unspecified atom stereocenters. The first kappa shape index (κ1) is 14.2. The van der Waals surface area contributed by atoms with Crippen LogP contribution in [0.4, 0.5) is 0 Å². The lowest BCUT2D eigenvalue weighted by Crippen LogP contribution is -2.02. The molecule has 1 aromatic heterocycles. The van der Waals surface area contributed by atoms with Crippen LogP contribution in [0.1, 0.15) is 32.1 Å². The molecular formula is C15H10BrNO3S. The van der Waals surface area contributed by atoms with Gasteiger partial charge in [0.05, 0.1) is 27.0 Å². The third-order valence-corrected chi connectivity index (χ3v) is 5.05. The van der Waals surface area contributed by atoms with Crippen LogP contribution in [0.15, 0.2) is 28.2 Å². The van der Waals surface area contributed by atoms with Crippen LogP contribution >= 0.6 is 27.3 Å². The molecule has 1 heterocycles. The molecular weight excluding hydrogens is 354 g/mol. The Labute approximate surface area is 133 Å². The second kappa shape index (κ2) is 5.20. The standard InChI is InChI=1S/C15H10BrNO3S/c1-7-15(21-6-17-7)12-9-3-2-8(5-11(18)19)4-10(9)14(20)13(12)16/h2-4,6H,5H2,1H3,(H,18,19). The van der Waals surface area contributed by atoms with Gasteiger partial charge in [-0.2, -0.15) is 0 Å². The molecule has 2 aromatic rings. The number of aryl methyl sites for hydroxylation is 1. The molecule has 0 spiro atoms. The normalized spacial score (nSPS) is 13.7. The highest BCUT2D eigenvalue weighted by molar-refractivity contribution is 9.12. The Morgan fingerprint density at radius 3 is 2.76 bits per heavy atom. The predicted octanol–water partition coefficient (Wildman–Crippen LogP) is 3.43. The van der Waals surface area contributed by atoms with Crippen molar-refractivity contribution >= 4 is 44.6 Å².